The topological polar surface area (TPSA) is 69.6 Å². The summed E-state index contributed by atoms with van der Waals surface area (Å²) in [5.41, 5.74) is 1.50. The summed E-state index contributed by atoms with van der Waals surface area (Å²) in [5, 5.41) is 12.3. The van der Waals surface area contributed by atoms with Crippen LogP contribution < -0.4 is 5.32 Å². The molecule has 2 N–H and O–H groups in total. The minimum Gasteiger partial charge on any atom is -0.389 e. The third-order valence-corrected chi connectivity index (χ3v) is 4.10. The van der Waals surface area contributed by atoms with Crippen molar-refractivity contribution in [3.05, 3.63) is 71.8 Å². The first-order valence-corrected chi connectivity index (χ1v) is 8.00. The number of rotatable bonds is 5. The summed E-state index contributed by atoms with van der Waals surface area (Å²) in [6.45, 7) is 0.649. The summed E-state index contributed by atoms with van der Waals surface area (Å²) >= 11 is 0. The quantitative estimate of drug-likeness (QED) is 0.869. The minimum atomic E-state index is -0.646. The molecule has 0 spiro atoms. The van der Waals surface area contributed by atoms with Crippen LogP contribution in [0.15, 0.2) is 60.7 Å². The number of likely N-dealkylation sites (tertiary alicyclic amines) is 1. The highest BCUT2D eigenvalue weighted by Gasteiger charge is 2.34. The molecule has 0 radical (unpaired) electrons. The fourth-order valence-corrected chi connectivity index (χ4v) is 2.74. The molecule has 3 rings (SSSR count). The maximum Gasteiger partial charge on any atom is 0.251 e. The van der Waals surface area contributed by atoms with Crippen LogP contribution in [0.5, 0.6) is 0 Å². The van der Waals surface area contributed by atoms with Crippen molar-refractivity contribution >= 4 is 11.8 Å². The molecule has 2 amide bonds. The maximum atomic E-state index is 12.6. The number of amides is 2. The van der Waals surface area contributed by atoms with Crippen LogP contribution in [0.3, 0.4) is 0 Å². The Morgan fingerprint density at radius 1 is 1.04 bits per heavy atom. The molecule has 0 saturated carbocycles. The monoisotopic (exact) mass is 324 g/mol. The van der Waals surface area contributed by atoms with Gasteiger partial charge in [0.2, 0.25) is 5.91 Å². The molecule has 2 aromatic carbocycles. The largest absolute Gasteiger partial charge is 0.389 e. The van der Waals surface area contributed by atoms with E-state index in [1.54, 1.807) is 29.2 Å². The van der Waals surface area contributed by atoms with Crippen molar-refractivity contribution in [1.82, 2.24) is 10.2 Å². The minimum absolute atomic E-state index is 0.159. The van der Waals surface area contributed by atoms with Gasteiger partial charge < -0.3 is 15.3 Å². The molecular formula is C19H20N2O3. The predicted octanol–water partition coefficient (Wildman–Crippen LogP) is 1.23. The van der Waals surface area contributed by atoms with E-state index in [9.17, 15) is 14.7 Å². The molecule has 0 bridgehead atoms. The molecule has 1 atom stereocenters. The third-order valence-electron chi connectivity index (χ3n) is 4.10. The second-order valence-electron chi connectivity index (χ2n) is 5.98. The Hall–Kier alpha value is -2.66. The highest BCUT2D eigenvalue weighted by Crippen LogP contribution is 2.13. The van der Waals surface area contributed by atoms with E-state index in [2.05, 4.69) is 5.32 Å². The molecule has 0 aliphatic carbocycles. The van der Waals surface area contributed by atoms with Gasteiger partial charge in [-0.3, -0.25) is 9.59 Å². The number of aliphatic hydroxyl groups excluding tert-OH is 1. The second kappa shape index (κ2) is 7.27. The standard InChI is InChI=1S/C19H20N2O3/c22-16-12-21(13-16)19(24)17(11-14-7-3-1-4-8-14)20-18(23)15-9-5-2-6-10-15/h1-10,16-17,22H,11-13H2,(H,20,23). The Bertz CT molecular complexity index is 697. The lowest BCUT2D eigenvalue weighted by molar-refractivity contribution is -0.143. The van der Waals surface area contributed by atoms with Crippen LogP contribution in [-0.2, 0) is 11.2 Å². The van der Waals surface area contributed by atoms with Gasteiger partial charge in [0.15, 0.2) is 0 Å². The third kappa shape index (κ3) is 3.81. The molecular weight excluding hydrogens is 304 g/mol. The summed E-state index contributed by atoms with van der Waals surface area (Å²) in [5.74, 6) is -0.431. The van der Waals surface area contributed by atoms with E-state index in [4.69, 9.17) is 0 Å². The Morgan fingerprint density at radius 3 is 2.21 bits per heavy atom. The molecule has 124 valence electrons. The lowest BCUT2D eigenvalue weighted by Crippen LogP contribution is -2.59. The molecule has 5 heteroatoms. The zero-order valence-corrected chi connectivity index (χ0v) is 13.3. The number of β-amino-alcohol motifs (C(OH)–C–C–N with tert-alkyl or cyclic N) is 1. The van der Waals surface area contributed by atoms with Crippen LogP contribution in [0.1, 0.15) is 15.9 Å². The van der Waals surface area contributed by atoms with E-state index >= 15 is 0 Å². The first-order chi connectivity index (χ1) is 11.6. The molecule has 1 fully saturated rings. The molecule has 1 saturated heterocycles. The van der Waals surface area contributed by atoms with Gasteiger partial charge in [0.1, 0.15) is 6.04 Å². The van der Waals surface area contributed by atoms with Crippen LogP contribution in [0.25, 0.3) is 0 Å². The van der Waals surface area contributed by atoms with Crippen LogP contribution in [-0.4, -0.2) is 47.1 Å². The van der Waals surface area contributed by atoms with Crippen molar-refractivity contribution in [2.75, 3.05) is 13.1 Å². The maximum absolute atomic E-state index is 12.6. The summed E-state index contributed by atoms with van der Waals surface area (Å²) in [6.07, 6.45) is -0.0404. The summed E-state index contributed by atoms with van der Waals surface area (Å²) in [4.78, 5) is 26.6. The Labute approximate surface area is 140 Å². The first-order valence-electron chi connectivity index (χ1n) is 8.00. The lowest BCUT2D eigenvalue weighted by Gasteiger charge is -2.38. The van der Waals surface area contributed by atoms with Crippen LogP contribution >= 0.6 is 0 Å². The van der Waals surface area contributed by atoms with Gasteiger partial charge in [-0.2, -0.15) is 0 Å². The number of hydrogen-bond acceptors (Lipinski definition) is 3. The number of nitrogens with zero attached hydrogens (tertiary/aromatic N) is 1. The van der Waals surface area contributed by atoms with E-state index in [1.165, 1.54) is 0 Å². The Kier molecular flexibility index (Phi) is 4.91. The van der Waals surface area contributed by atoms with Crippen molar-refractivity contribution in [3.63, 3.8) is 0 Å². The fourth-order valence-electron chi connectivity index (χ4n) is 2.74. The van der Waals surface area contributed by atoms with Gasteiger partial charge in [0.25, 0.3) is 5.91 Å². The molecule has 5 nitrogen and oxygen atoms in total. The zero-order chi connectivity index (χ0) is 16.9. The van der Waals surface area contributed by atoms with Crippen molar-refractivity contribution in [2.45, 2.75) is 18.6 Å². The molecule has 0 aromatic heterocycles. The summed E-state index contributed by atoms with van der Waals surface area (Å²) in [7, 11) is 0. The number of carbonyl (C=O) groups is 2. The van der Waals surface area contributed by atoms with Crippen LogP contribution in [0.4, 0.5) is 0 Å². The van der Waals surface area contributed by atoms with E-state index in [-0.39, 0.29) is 11.8 Å². The van der Waals surface area contributed by atoms with Crippen molar-refractivity contribution in [3.8, 4) is 0 Å². The number of nitrogens with one attached hydrogen (secondary N) is 1. The molecule has 24 heavy (non-hydrogen) atoms. The van der Waals surface area contributed by atoms with E-state index in [1.807, 2.05) is 36.4 Å². The Morgan fingerprint density at radius 2 is 1.62 bits per heavy atom. The van der Waals surface area contributed by atoms with Crippen molar-refractivity contribution < 1.29 is 14.7 Å². The molecule has 1 aliphatic heterocycles. The van der Waals surface area contributed by atoms with Gasteiger partial charge in [-0.15, -0.1) is 0 Å². The van der Waals surface area contributed by atoms with Gasteiger partial charge >= 0.3 is 0 Å². The number of aliphatic hydroxyl groups is 1. The van der Waals surface area contributed by atoms with Gasteiger partial charge in [0.05, 0.1) is 6.10 Å². The predicted molar refractivity (Wildman–Crippen MR) is 90.4 cm³/mol. The number of benzene rings is 2. The molecule has 1 heterocycles. The number of carbonyl (C=O) groups excluding carboxylic acids is 2. The van der Waals surface area contributed by atoms with E-state index < -0.39 is 12.1 Å². The van der Waals surface area contributed by atoms with Crippen molar-refractivity contribution in [2.24, 2.45) is 0 Å². The van der Waals surface area contributed by atoms with Crippen molar-refractivity contribution in [1.29, 1.82) is 0 Å². The molecule has 2 aromatic rings. The second-order valence-corrected chi connectivity index (χ2v) is 5.98. The number of hydrogen-bond donors (Lipinski definition) is 2. The first kappa shape index (κ1) is 16.2. The van der Waals surface area contributed by atoms with Crippen LogP contribution in [0, 0.1) is 0 Å². The highest BCUT2D eigenvalue weighted by molar-refractivity contribution is 5.97. The molecule has 1 unspecified atom stereocenters. The zero-order valence-electron chi connectivity index (χ0n) is 13.3. The average molecular weight is 324 g/mol. The van der Waals surface area contributed by atoms with E-state index in [0.29, 0.717) is 25.1 Å². The highest BCUT2D eigenvalue weighted by atomic mass is 16.3. The van der Waals surface area contributed by atoms with Gasteiger partial charge in [-0.1, -0.05) is 48.5 Å². The van der Waals surface area contributed by atoms with Gasteiger partial charge in [0, 0.05) is 25.1 Å². The lowest BCUT2D eigenvalue weighted by atomic mass is 10.0. The summed E-state index contributed by atoms with van der Waals surface area (Å²) < 4.78 is 0. The van der Waals surface area contributed by atoms with Crippen LogP contribution in [0.2, 0.25) is 0 Å². The average Bonchev–Trinajstić information content (AvgIpc) is 2.59. The normalized spacial score (nSPS) is 15.5. The van der Waals surface area contributed by atoms with E-state index in [0.717, 1.165) is 5.56 Å². The fraction of sp³-hybridized carbons (Fsp3) is 0.263. The van der Waals surface area contributed by atoms with Gasteiger partial charge in [-0.25, -0.2) is 0 Å². The van der Waals surface area contributed by atoms with Gasteiger partial charge in [-0.05, 0) is 17.7 Å². The molecule has 1 aliphatic rings. The summed E-state index contributed by atoms with van der Waals surface area (Å²) in [6, 6.07) is 17.8. The smallest absolute Gasteiger partial charge is 0.251 e. The SMILES string of the molecule is O=C(NC(Cc1ccccc1)C(=O)N1CC(O)C1)c1ccccc1. The Balaban J connectivity index is 1.74.